The summed E-state index contributed by atoms with van der Waals surface area (Å²) in [5, 5.41) is 9.30. The van der Waals surface area contributed by atoms with Gasteiger partial charge in [0, 0.05) is 45.0 Å². The molecule has 0 radical (unpaired) electrons. The molecule has 1 aliphatic rings. The van der Waals surface area contributed by atoms with Gasteiger partial charge in [0.1, 0.15) is 5.82 Å². The lowest BCUT2D eigenvalue weighted by atomic mass is 10.1. The Bertz CT molecular complexity index is 900. The number of benzene rings is 1. The van der Waals surface area contributed by atoms with Crippen LogP contribution in [-0.4, -0.2) is 62.8 Å². The lowest BCUT2D eigenvalue weighted by Crippen LogP contribution is -2.41. The number of hydrogen-bond donors (Lipinski definition) is 3. The number of nitrogens with zero attached hydrogens (tertiary/aromatic N) is 3. The van der Waals surface area contributed by atoms with Crippen molar-refractivity contribution in [2.24, 2.45) is 4.99 Å². The fraction of sp³-hybridized carbons (Fsp3) is 0.458. The van der Waals surface area contributed by atoms with E-state index in [1.165, 1.54) is 0 Å². The largest absolute Gasteiger partial charge is 0.375 e. The van der Waals surface area contributed by atoms with Crippen LogP contribution in [0, 0.1) is 0 Å². The van der Waals surface area contributed by atoms with Crippen molar-refractivity contribution in [3.63, 3.8) is 0 Å². The maximum atomic E-state index is 11.8. The van der Waals surface area contributed by atoms with Crippen molar-refractivity contribution in [3.8, 4) is 0 Å². The topological polar surface area (TPSA) is 90.9 Å². The zero-order valence-corrected chi connectivity index (χ0v) is 19.2. The van der Waals surface area contributed by atoms with Gasteiger partial charge in [0.15, 0.2) is 5.96 Å². The molecule has 1 saturated heterocycles. The third kappa shape index (κ3) is 6.95. The summed E-state index contributed by atoms with van der Waals surface area (Å²) in [6, 6.07) is 11.8. The summed E-state index contributed by atoms with van der Waals surface area (Å²) in [6.07, 6.45) is 2.92. The van der Waals surface area contributed by atoms with Gasteiger partial charge in [-0.2, -0.15) is 0 Å². The molecule has 2 aromatic rings. The fourth-order valence-electron chi connectivity index (χ4n) is 3.57. The summed E-state index contributed by atoms with van der Waals surface area (Å²) in [6.45, 7) is 8.66. The molecule has 3 rings (SSSR count). The molecule has 0 aliphatic carbocycles. The number of amides is 1. The standard InChI is InChI=1S/C24H34N6O2/c1-4-26-24(27-11-10-19-6-5-7-21(14-19)23(31)25-3)29-16-20-8-9-22(28-15-20)30-12-13-32-18(2)17-30/h5-9,14-15,18H,4,10-13,16-17H2,1-3H3,(H,25,31)(H2,26,27,29). The van der Waals surface area contributed by atoms with Gasteiger partial charge in [-0.1, -0.05) is 18.2 Å². The number of rotatable bonds is 8. The second-order valence-corrected chi connectivity index (χ2v) is 7.80. The number of hydrogen-bond acceptors (Lipinski definition) is 5. The molecule has 1 fully saturated rings. The highest BCUT2D eigenvalue weighted by Gasteiger charge is 2.17. The lowest BCUT2D eigenvalue weighted by molar-refractivity contribution is 0.0529. The first kappa shape index (κ1) is 23.5. The summed E-state index contributed by atoms with van der Waals surface area (Å²) >= 11 is 0. The predicted octanol–water partition coefficient (Wildman–Crippen LogP) is 1.96. The molecule has 1 atom stereocenters. The van der Waals surface area contributed by atoms with Crippen LogP contribution in [-0.2, 0) is 17.7 Å². The molecule has 2 heterocycles. The van der Waals surface area contributed by atoms with Crippen LogP contribution in [0.25, 0.3) is 0 Å². The first-order valence-electron chi connectivity index (χ1n) is 11.2. The first-order chi connectivity index (χ1) is 15.6. The summed E-state index contributed by atoms with van der Waals surface area (Å²) < 4.78 is 5.60. The van der Waals surface area contributed by atoms with Crippen LogP contribution in [0.5, 0.6) is 0 Å². The van der Waals surface area contributed by atoms with E-state index in [0.29, 0.717) is 12.1 Å². The minimum Gasteiger partial charge on any atom is -0.375 e. The Morgan fingerprint density at radius 3 is 2.84 bits per heavy atom. The Labute approximate surface area is 190 Å². The Hall–Kier alpha value is -3.13. The molecule has 0 saturated carbocycles. The molecule has 0 spiro atoms. The summed E-state index contributed by atoms with van der Waals surface area (Å²) in [5.74, 6) is 1.68. The van der Waals surface area contributed by atoms with Gasteiger partial charge in [0.05, 0.1) is 19.3 Å². The minimum atomic E-state index is -0.0718. The van der Waals surface area contributed by atoms with Crippen LogP contribution in [0.15, 0.2) is 47.6 Å². The SMILES string of the molecule is CCNC(=NCc1ccc(N2CCOC(C)C2)nc1)NCCc1cccc(C(=O)NC)c1. The summed E-state index contributed by atoms with van der Waals surface area (Å²) in [5.41, 5.74) is 2.84. The van der Waals surface area contributed by atoms with Gasteiger partial charge in [-0.25, -0.2) is 9.98 Å². The Morgan fingerprint density at radius 2 is 2.12 bits per heavy atom. The zero-order chi connectivity index (χ0) is 22.8. The molecule has 32 heavy (non-hydrogen) atoms. The summed E-state index contributed by atoms with van der Waals surface area (Å²) in [4.78, 5) is 23.4. The number of carbonyl (C=O) groups excluding carboxylic acids is 1. The van der Waals surface area contributed by atoms with Gasteiger partial charge in [-0.05, 0) is 49.6 Å². The monoisotopic (exact) mass is 438 g/mol. The van der Waals surface area contributed by atoms with E-state index in [4.69, 9.17) is 4.74 Å². The van der Waals surface area contributed by atoms with Gasteiger partial charge in [-0.3, -0.25) is 4.79 Å². The third-order valence-electron chi connectivity index (χ3n) is 5.26. The molecule has 1 aromatic heterocycles. The van der Waals surface area contributed by atoms with Gasteiger partial charge in [-0.15, -0.1) is 0 Å². The first-order valence-corrected chi connectivity index (χ1v) is 11.2. The second kappa shape index (κ2) is 12.0. The quantitative estimate of drug-likeness (QED) is 0.431. The third-order valence-corrected chi connectivity index (χ3v) is 5.26. The Balaban J connectivity index is 1.53. The molecule has 1 aromatic carbocycles. The molecule has 3 N–H and O–H groups in total. The van der Waals surface area contributed by atoms with Crippen LogP contribution in [0.3, 0.4) is 0 Å². The molecule has 8 heteroatoms. The van der Waals surface area contributed by atoms with Crippen LogP contribution in [0.2, 0.25) is 0 Å². The van der Waals surface area contributed by atoms with Gasteiger partial charge in [0.2, 0.25) is 0 Å². The number of ether oxygens (including phenoxy) is 1. The Kier molecular flexibility index (Phi) is 8.86. The van der Waals surface area contributed by atoms with Gasteiger partial charge in [0.25, 0.3) is 5.91 Å². The molecule has 1 aliphatic heterocycles. The Morgan fingerprint density at radius 1 is 1.25 bits per heavy atom. The maximum Gasteiger partial charge on any atom is 0.251 e. The van der Waals surface area contributed by atoms with Gasteiger partial charge >= 0.3 is 0 Å². The number of carbonyl (C=O) groups is 1. The van der Waals surface area contributed by atoms with E-state index >= 15 is 0 Å². The number of pyridine rings is 1. The number of guanidine groups is 1. The lowest BCUT2D eigenvalue weighted by Gasteiger charge is -2.32. The van der Waals surface area contributed by atoms with Crippen molar-refractivity contribution < 1.29 is 9.53 Å². The predicted molar refractivity (Wildman–Crippen MR) is 128 cm³/mol. The molecule has 1 amide bonds. The van der Waals surface area contributed by atoms with Gasteiger partial charge < -0.3 is 25.6 Å². The molecular weight excluding hydrogens is 404 g/mol. The highest BCUT2D eigenvalue weighted by Crippen LogP contribution is 2.15. The van der Waals surface area contributed by atoms with E-state index in [2.05, 4.69) is 49.9 Å². The van der Waals surface area contributed by atoms with Crippen LogP contribution in [0.1, 0.15) is 35.3 Å². The average molecular weight is 439 g/mol. The van der Waals surface area contributed by atoms with Crippen LogP contribution >= 0.6 is 0 Å². The molecular formula is C24H34N6O2. The number of nitrogens with one attached hydrogen (secondary N) is 3. The second-order valence-electron chi connectivity index (χ2n) is 7.80. The van der Waals surface area contributed by atoms with Crippen molar-refractivity contribution >= 4 is 17.7 Å². The summed E-state index contributed by atoms with van der Waals surface area (Å²) in [7, 11) is 1.64. The zero-order valence-electron chi connectivity index (χ0n) is 19.2. The van der Waals surface area contributed by atoms with Crippen LogP contribution in [0.4, 0.5) is 5.82 Å². The normalized spacial score (nSPS) is 16.5. The molecule has 1 unspecified atom stereocenters. The number of aromatic nitrogens is 1. The smallest absolute Gasteiger partial charge is 0.251 e. The number of anilines is 1. The maximum absolute atomic E-state index is 11.8. The molecule has 8 nitrogen and oxygen atoms in total. The van der Waals surface area contributed by atoms with E-state index < -0.39 is 0 Å². The molecule has 172 valence electrons. The fourth-order valence-corrected chi connectivity index (χ4v) is 3.57. The van der Waals surface area contributed by atoms with Crippen molar-refractivity contribution in [3.05, 3.63) is 59.3 Å². The van der Waals surface area contributed by atoms with Crippen molar-refractivity contribution in [1.82, 2.24) is 20.9 Å². The number of morpholine rings is 1. The van der Waals surface area contributed by atoms with E-state index in [9.17, 15) is 4.79 Å². The molecule has 0 bridgehead atoms. The van der Waals surface area contributed by atoms with Crippen molar-refractivity contribution in [1.29, 1.82) is 0 Å². The van der Waals surface area contributed by atoms with E-state index in [1.807, 2.05) is 37.4 Å². The van der Waals surface area contributed by atoms with E-state index in [-0.39, 0.29) is 12.0 Å². The van der Waals surface area contributed by atoms with E-state index in [0.717, 1.165) is 62.1 Å². The van der Waals surface area contributed by atoms with E-state index in [1.54, 1.807) is 7.05 Å². The van der Waals surface area contributed by atoms with Crippen molar-refractivity contribution in [2.75, 3.05) is 44.7 Å². The van der Waals surface area contributed by atoms with Crippen LogP contribution < -0.4 is 20.9 Å². The highest BCUT2D eigenvalue weighted by atomic mass is 16.5. The van der Waals surface area contributed by atoms with Crippen molar-refractivity contribution in [2.45, 2.75) is 32.9 Å². The minimum absolute atomic E-state index is 0.0718. The highest BCUT2D eigenvalue weighted by molar-refractivity contribution is 5.94. The number of aliphatic imine (C=N–C) groups is 1. The average Bonchev–Trinajstić information content (AvgIpc) is 2.82.